The fourth-order valence-corrected chi connectivity index (χ4v) is 3.78. The highest BCUT2D eigenvalue weighted by Gasteiger charge is 2.28. The van der Waals surface area contributed by atoms with E-state index in [0.717, 1.165) is 18.0 Å². The third kappa shape index (κ3) is 3.69. The zero-order valence-electron chi connectivity index (χ0n) is 11.8. The zero-order chi connectivity index (χ0) is 12.1. The molecular formula is C15H30N2. The van der Waals surface area contributed by atoms with Crippen LogP contribution in [0.3, 0.4) is 0 Å². The lowest BCUT2D eigenvalue weighted by Gasteiger charge is -2.41. The third-order valence-corrected chi connectivity index (χ3v) is 4.89. The van der Waals surface area contributed by atoms with Gasteiger partial charge in [0.05, 0.1) is 0 Å². The highest BCUT2D eigenvalue weighted by atomic mass is 15.2. The Labute approximate surface area is 107 Å². The van der Waals surface area contributed by atoms with E-state index < -0.39 is 0 Å². The molecule has 2 nitrogen and oxygen atoms in total. The van der Waals surface area contributed by atoms with Crippen molar-refractivity contribution >= 4 is 0 Å². The van der Waals surface area contributed by atoms with Crippen LogP contribution in [0.2, 0.25) is 0 Å². The van der Waals surface area contributed by atoms with E-state index in [-0.39, 0.29) is 0 Å². The summed E-state index contributed by atoms with van der Waals surface area (Å²) < 4.78 is 0. The number of rotatable bonds is 4. The number of hydrogen-bond acceptors (Lipinski definition) is 2. The van der Waals surface area contributed by atoms with Gasteiger partial charge in [-0.2, -0.15) is 0 Å². The van der Waals surface area contributed by atoms with Crippen LogP contribution < -0.4 is 5.32 Å². The minimum atomic E-state index is 0.747. The average molecular weight is 238 g/mol. The quantitative estimate of drug-likeness (QED) is 0.810. The molecular weight excluding hydrogens is 208 g/mol. The van der Waals surface area contributed by atoms with Gasteiger partial charge in [-0.25, -0.2) is 0 Å². The molecule has 0 amide bonds. The molecule has 2 rings (SSSR count). The summed E-state index contributed by atoms with van der Waals surface area (Å²) in [5.74, 6) is 1.04. The standard InChI is InChI=1S/C15H30N2/c1-3-5-13-7-9-15(10-8-13)17-11-4-6-14(12-17)16-2/h13-16H,3-12H2,1-2H3. The Morgan fingerprint density at radius 2 is 1.88 bits per heavy atom. The van der Waals surface area contributed by atoms with E-state index in [1.165, 1.54) is 64.5 Å². The van der Waals surface area contributed by atoms with E-state index in [1.54, 1.807) is 0 Å². The second kappa shape index (κ2) is 6.75. The fraction of sp³-hybridized carbons (Fsp3) is 1.00. The van der Waals surface area contributed by atoms with Crippen LogP contribution in [0, 0.1) is 5.92 Å². The van der Waals surface area contributed by atoms with Gasteiger partial charge in [0.2, 0.25) is 0 Å². The van der Waals surface area contributed by atoms with Crippen LogP contribution in [0.15, 0.2) is 0 Å². The van der Waals surface area contributed by atoms with E-state index in [4.69, 9.17) is 0 Å². The SMILES string of the molecule is CCCC1CCC(N2CCCC(NC)C2)CC1. The highest BCUT2D eigenvalue weighted by Crippen LogP contribution is 2.31. The van der Waals surface area contributed by atoms with Crippen molar-refractivity contribution in [1.29, 1.82) is 0 Å². The number of nitrogens with one attached hydrogen (secondary N) is 1. The molecule has 0 aromatic carbocycles. The molecule has 1 unspecified atom stereocenters. The van der Waals surface area contributed by atoms with Crippen molar-refractivity contribution in [2.75, 3.05) is 20.1 Å². The van der Waals surface area contributed by atoms with Gasteiger partial charge in [0, 0.05) is 18.6 Å². The Hall–Kier alpha value is -0.0800. The molecule has 100 valence electrons. The minimum Gasteiger partial charge on any atom is -0.316 e. The van der Waals surface area contributed by atoms with E-state index in [9.17, 15) is 0 Å². The van der Waals surface area contributed by atoms with Crippen molar-refractivity contribution in [2.45, 2.75) is 70.4 Å². The Kier molecular flexibility index (Phi) is 5.30. The van der Waals surface area contributed by atoms with Gasteiger partial charge in [-0.05, 0) is 58.0 Å². The first-order valence-electron chi connectivity index (χ1n) is 7.74. The van der Waals surface area contributed by atoms with E-state index in [1.807, 2.05) is 0 Å². The summed E-state index contributed by atoms with van der Waals surface area (Å²) in [5, 5.41) is 3.46. The van der Waals surface area contributed by atoms with Crippen molar-refractivity contribution in [3.8, 4) is 0 Å². The Balaban J connectivity index is 1.76. The van der Waals surface area contributed by atoms with Gasteiger partial charge in [-0.3, -0.25) is 4.90 Å². The van der Waals surface area contributed by atoms with Gasteiger partial charge < -0.3 is 5.32 Å². The minimum absolute atomic E-state index is 0.747. The maximum atomic E-state index is 3.46. The molecule has 2 aliphatic rings. The molecule has 1 aliphatic carbocycles. The van der Waals surface area contributed by atoms with Crippen LogP contribution in [0.25, 0.3) is 0 Å². The lowest BCUT2D eigenvalue weighted by molar-refractivity contribution is 0.0976. The van der Waals surface area contributed by atoms with Crippen molar-refractivity contribution in [1.82, 2.24) is 10.2 Å². The second-order valence-corrected chi connectivity index (χ2v) is 6.09. The Morgan fingerprint density at radius 1 is 1.12 bits per heavy atom. The monoisotopic (exact) mass is 238 g/mol. The summed E-state index contributed by atoms with van der Waals surface area (Å²) in [6, 6.07) is 1.65. The lowest BCUT2D eigenvalue weighted by Crippen LogP contribution is -2.49. The number of likely N-dealkylation sites (N-methyl/N-ethyl adjacent to an activating group) is 1. The summed E-state index contributed by atoms with van der Waals surface area (Å²) in [6.45, 7) is 4.97. The topological polar surface area (TPSA) is 15.3 Å². The summed E-state index contributed by atoms with van der Waals surface area (Å²) in [4.78, 5) is 2.77. The van der Waals surface area contributed by atoms with E-state index >= 15 is 0 Å². The van der Waals surface area contributed by atoms with E-state index in [2.05, 4.69) is 24.2 Å². The van der Waals surface area contributed by atoms with Crippen LogP contribution in [-0.4, -0.2) is 37.1 Å². The molecule has 2 heteroatoms. The molecule has 1 heterocycles. The lowest BCUT2D eigenvalue weighted by atomic mass is 9.82. The van der Waals surface area contributed by atoms with Crippen LogP contribution in [0.4, 0.5) is 0 Å². The van der Waals surface area contributed by atoms with Gasteiger partial charge >= 0.3 is 0 Å². The average Bonchev–Trinajstić information content (AvgIpc) is 2.40. The molecule has 1 saturated heterocycles. The predicted octanol–water partition coefficient (Wildman–Crippen LogP) is 3.03. The summed E-state index contributed by atoms with van der Waals surface area (Å²) in [6.07, 6.45) is 11.5. The largest absolute Gasteiger partial charge is 0.316 e. The van der Waals surface area contributed by atoms with Crippen LogP contribution in [0.1, 0.15) is 58.3 Å². The maximum Gasteiger partial charge on any atom is 0.0192 e. The zero-order valence-corrected chi connectivity index (χ0v) is 11.8. The normalized spacial score (nSPS) is 36.0. The van der Waals surface area contributed by atoms with Crippen LogP contribution in [0.5, 0.6) is 0 Å². The fourth-order valence-electron chi connectivity index (χ4n) is 3.78. The molecule has 1 aliphatic heterocycles. The first-order chi connectivity index (χ1) is 8.33. The van der Waals surface area contributed by atoms with Crippen LogP contribution >= 0.6 is 0 Å². The van der Waals surface area contributed by atoms with E-state index in [0.29, 0.717) is 0 Å². The molecule has 1 N–H and O–H groups in total. The number of likely N-dealkylation sites (tertiary alicyclic amines) is 1. The molecule has 0 aromatic heterocycles. The number of piperidine rings is 1. The highest BCUT2D eigenvalue weighted by molar-refractivity contribution is 4.85. The Morgan fingerprint density at radius 3 is 2.53 bits per heavy atom. The second-order valence-electron chi connectivity index (χ2n) is 6.09. The summed E-state index contributed by atoms with van der Waals surface area (Å²) >= 11 is 0. The molecule has 1 atom stereocenters. The van der Waals surface area contributed by atoms with Gasteiger partial charge in [0.25, 0.3) is 0 Å². The first kappa shape index (κ1) is 13.4. The van der Waals surface area contributed by atoms with Gasteiger partial charge in [-0.1, -0.05) is 19.8 Å². The van der Waals surface area contributed by atoms with Gasteiger partial charge in [0.1, 0.15) is 0 Å². The third-order valence-electron chi connectivity index (χ3n) is 4.89. The Bertz CT molecular complexity index is 209. The molecule has 0 radical (unpaired) electrons. The van der Waals surface area contributed by atoms with Crippen molar-refractivity contribution in [3.05, 3.63) is 0 Å². The predicted molar refractivity (Wildman–Crippen MR) is 74.3 cm³/mol. The molecule has 0 aromatic rings. The molecule has 17 heavy (non-hydrogen) atoms. The first-order valence-corrected chi connectivity index (χ1v) is 7.74. The maximum absolute atomic E-state index is 3.46. The van der Waals surface area contributed by atoms with Crippen molar-refractivity contribution in [3.63, 3.8) is 0 Å². The molecule has 1 saturated carbocycles. The molecule has 2 fully saturated rings. The van der Waals surface area contributed by atoms with Gasteiger partial charge in [0.15, 0.2) is 0 Å². The number of hydrogen-bond donors (Lipinski definition) is 1. The van der Waals surface area contributed by atoms with Gasteiger partial charge in [-0.15, -0.1) is 0 Å². The summed E-state index contributed by atoms with van der Waals surface area (Å²) in [7, 11) is 2.12. The van der Waals surface area contributed by atoms with Crippen LogP contribution in [-0.2, 0) is 0 Å². The van der Waals surface area contributed by atoms with Crippen molar-refractivity contribution < 1.29 is 0 Å². The number of nitrogens with zero attached hydrogens (tertiary/aromatic N) is 1. The molecule has 0 spiro atoms. The smallest absolute Gasteiger partial charge is 0.0192 e. The molecule has 0 bridgehead atoms. The van der Waals surface area contributed by atoms with Crippen molar-refractivity contribution in [2.24, 2.45) is 5.92 Å². The summed E-state index contributed by atoms with van der Waals surface area (Å²) in [5.41, 5.74) is 0.